The minimum Gasteiger partial charge on any atom is -0.348 e. The van der Waals surface area contributed by atoms with Gasteiger partial charge in [0.1, 0.15) is 0 Å². The molecule has 0 aromatic heterocycles. The Bertz CT molecular complexity index is 240. The summed E-state index contributed by atoms with van der Waals surface area (Å²) >= 11 is 0. The van der Waals surface area contributed by atoms with Crippen LogP contribution in [-0.2, 0) is 0 Å². The van der Waals surface area contributed by atoms with Gasteiger partial charge >= 0.3 is 0 Å². The van der Waals surface area contributed by atoms with Crippen molar-refractivity contribution in [1.29, 1.82) is 0 Å². The zero-order valence-corrected chi connectivity index (χ0v) is 6.58. The molecule has 0 aliphatic heterocycles. The van der Waals surface area contributed by atoms with Gasteiger partial charge in [-0.15, -0.1) is 4.79 Å². The molecule has 2 saturated carbocycles. The first-order valence-corrected chi connectivity index (χ1v) is 4.37. The van der Waals surface area contributed by atoms with Crippen LogP contribution in [0.1, 0.15) is 32.1 Å². The Balaban J connectivity index is 2.05. The maximum atomic E-state index is 8.29. The van der Waals surface area contributed by atoms with Crippen molar-refractivity contribution < 1.29 is 4.79 Å². The van der Waals surface area contributed by atoms with E-state index >= 15 is 0 Å². The molecular weight excluding hydrogens is 136 g/mol. The average Bonchev–Trinajstić information content (AvgIpc) is 1.89. The molecule has 2 rings (SSSR count). The lowest BCUT2D eigenvalue weighted by molar-refractivity contribution is 0.00555. The molecule has 2 nitrogen and oxygen atoms in total. The van der Waals surface area contributed by atoms with Crippen LogP contribution in [-0.4, -0.2) is 10.7 Å². The molecule has 0 aromatic rings. The molecule has 0 aromatic carbocycles. The van der Waals surface area contributed by atoms with Gasteiger partial charge in [0.05, 0.1) is 5.57 Å². The van der Waals surface area contributed by atoms with Crippen molar-refractivity contribution in [1.82, 2.24) is 0 Å². The average molecular weight is 148 g/mol. The highest BCUT2D eigenvalue weighted by atomic mass is 14.8. The molecule has 0 amide bonds. The lowest BCUT2D eigenvalue weighted by Crippen LogP contribution is -2.30. The van der Waals surface area contributed by atoms with Crippen LogP contribution in [0, 0.1) is 11.8 Å². The molecule has 2 aliphatic rings. The van der Waals surface area contributed by atoms with Crippen molar-refractivity contribution >= 4 is 5.87 Å². The van der Waals surface area contributed by atoms with E-state index in [1.54, 1.807) is 0 Å². The molecule has 0 bridgehead atoms. The number of allylic oxidation sites excluding steroid dienone is 1. The summed E-state index contributed by atoms with van der Waals surface area (Å²) in [5.41, 5.74) is 9.53. The largest absolute Gasteiger partial charge is 0.348 e. The van der Waals surface area contributed by atoms with Crippen LogP contribution in [0.15, 0.2) is 5.57 Å². The van der Waals surface area contributed by atoms with Crippen molar-refractivity contribution in [2.45, 2.75) is 32.1 Å². The fourth-order valence-electron chi connectivity index (χ4n) is 2.02. The molecule has 0 spiro atoms. The van der Waals surface area contributed by atoms with Crippen LogP contribution in [0.25, 0.3) is 5.53 Å². The first-order valence-electron chi connectivity index (χ1n) is 4.37. The predicted octanol–water partition coefficient (Wildman–Crippen LogP) is 2.02. The van der Waals surface area contributed by atoms with E-state index in [1.807, 2.05) is 0 Å². The minimum absolute atomic E-state index is 0.722. The summed E-state index contributed by atoms with van der Waals surface area (Å²) in [7, 11) is 0. The Labute approximate surface area is 66.5 Å². The quantitative estimate of drug-likeness (QED) is 0.310. The van der Waals surface area contributed by atoms with Gasteiger partial charge in [0.15, 0.2) is 0 Å². The summed E-state index contributed by atoms with van der Waals surface area (Å²) in [6, 6.07) is 0. The van der Waals surface area contributed by atoms with E-state index in [0.717, 1.165) is 18.3 Å². The monoisotopic (exact) mass is 148 g/mol. The number of rotatable bonds is 1. The summed E-state index contributed by atoms with van der Waals surface area (Å²) in [6.45, 7) is 0. The summed E-state index contributed by atoms with van der Waals surface area (Å²) in [5, 5.41) is 0. The van der Waals surface area contributed by atoms with Gasteiger partial charge in [-0.05, 0) is 37.5 Å². The lowest BCUT2D eigenvalue weighted by atomic mass is 9.64. The maximum Gasteiger partial charge on any atom is 0.299 e. The Morgan fingerprint density at radius 2 is 2.18 bits per heavy atom. The van der Waals surface area contributed by atoms with Gasteiger partial charge in [0.25, 0.3) is 5.87 Å². The van der Waals surface area contributed by atoms with Gasteiger partial charge in [0.2, 0.25) is 0 Å². The van der Waals surface area contributed by atoms with Crippen LogP contribution in [0.4, 0.5) is 0 Å². The Hall–Kier alpha value is -0.840. The molecule has 0 heterocycles. The SMILES string of the molecule is [N-]=[N+]=C=C1CCC1C1CCC1. The van der Waals surface area contributed by atoms with Crippen molar-refractivity contribution in [3.8, 4) is 0 Å². The molecule has 2 heteroatoms. The summed E-state index contributed by atoms with van der Waals surface area (Å²) in [6.07, 6.45) is 6.54. The number of hydrogen-bond acceptors (Lipinski definition) is 0. The highest BCUT2D eigenvalue weighted by Gasteiger charge is 2.36. The zero-order chi connectivity index (χ0) is 7.68. The standard InChI is InChI=1S/C9H12N2/c10-11-6-8-4-5-9(8)7-2-1-3-7/h7,9H,1-5H2. The number of hydrogen-bond donors (Lipinski definition) is 0. The first-order chi connectivity index (χ1) is 5.42. The molecular formula is C9H12N2. The van der Waals surface area contributed by atoms with Crippen molar-refractivity contribution in [3.05, 3.63) is 11.1 Å². The molecule has 11 heavy (non-hydrogen) atoms. The van der Waals surface area contributed by atoms with Gasteiger partial charge < -0.3 is 5.53 Å². The second-order valence-electron chi connectivity index (χ2n) is 3.57. The smallest absolute Gasteiger partial charge is 0.299 e. The van der Waals surface area contributed by atoms with Gasteiger partial charge in [-0.1, -0.05) is 6.42 Å². The van der Waals surface area contributed by atoms with Crippen LogP contribution in [0.2, 0.25) is 0 Å². The maximum absolute atomic E-state index is 8.29. The molecule has 0 saturated heterocycles. The third kappa shape index (κ3) is 1.05. The molecule has 1 atom stereocenters. The van der Waals surface area contributed by atoms with Crippen molar-refractivity contribution in [3.63, 3.8) is 0 Å². The minimum atomic E-state index is 0.722. The molecule has 2 fully saturated rings. The molecule has 1 unspecified atom stereocenters. The summed E-state index contributed by atoms with van der Waals surface area (Å²) in [5.74, 6) is 4.30. The van der Waals surface area contributed by atoms with E-state index in [0.29, 0.717) is 0 Å². The van der Waals surface area contributed by atoms with Gasteiger partial charge in [-0.25, -0.2) is 0 Å². The predicted molar refractivity (Wildman–Crippen MR) is 42.2 cm³/mol. The van der Waals surface area contributed by atoms with Gasteiger partial charge in [-0.3, -0.25) is 0 Å². The first kappa shape index (κ1) is 6.84. The second kappa shape index (κ2) is 2.65. The third-order valence-electron chi connectivity index (χ3n) is 3.08. The summed E-state index contributed by atoms with van der Waals surface area (Å²) < 4.78 is 0. The second-order valence-corrected chi connectivity index (χ2v) is 3.57. The molecule has 58 valence electrons. The topological polar surface area (TPSA) is 36.4 Å². The third-order valence-corrected chi connectivity index (χ3v) is 3.08. The van der Waals surface area contributed by atoms with Crippen molar-refractivity contribution in [2.75, 3.05) is 0 Å². The van der Waals surface area contributed by atoms with E-state index in [1.165, 1.54) is 31.3 Å². The van der Waals surface area contributed by atoms with E-state index in [2.05, 4.69) is 10.7 Å². The van der Waals surface area contributed by atoms with Crippen LogP contribution < -0.4 is 0 Å². The van der Waals surface area contributed by atoms with E-state index < -0.39 is 0 Å². The molecule has 0 N–H and O–H groups in total. The van der Waals surface area contributed by atoms with Crippen LogP contribution in [0.3, 0.4) is 0 Å². The fourth-order valence-corrected chi connectivity index (χ4v) is 2.02. The highest BCUT2D eigenvalue weighted by molar-refractivity contribution is 5.55. The molecule has 0 radical (unpaired) electrons. The summed E-state index contributed by atoms with van der Waals surface area (Å²) in [4.78, 5) is 2.96. The lowest BCUT2D eigenvalue weighted by Gasteiger charge is -2.38. The van der Waals surface area contributed by atoms with E-state index in [4.69, 9.17) is 5.53 Å². The highest BCUT2D eigenvalue weighted by Crippen LogP contribution is 2.45. The Morgan fingerprint density at radius 1 is 1.36 bits per heavy atom. The van der Waals surface area contributed by atoms with E-state index in [9.17, 15) is 0 Å². The Morgan fingerprint density at radius 3 is 2.55 bits per heavy atom. The normalized spacial score (nSPS) is 29.8. The van der Waals surface area contributed by atoms with E-state index in [-0.39, 0.29) is 0 Å². The van der Waals surface area contributed by atoms with Crippen molar-refractivity contribution in [2.24, 2.45) is 11.8 Å². The van der Waals surface area contributed by atoms with Crippen LogP contribution >= 0.6 is 0 Å². The zero-order valence-electron chi connectivity index (χ0n) is 6.58. The number of nitrogens with zero attached hydrogens (tertiary/aromatic N) is 2. The van der Waals surface area contributed by atoms with Crippen LogP contribution in [0.5, 0.6) is 0 Å². The van der Waals surface area contributed by atoms with Gasteiger partial charge in [-0.2, -0.15) is 0 Å². The van der Waals surface area contributed by atoms with Gasteiger partial charge in [0, 0.05) is 0 Å². The molecule has 2 aliphatic carbocycles. The Kier molecular flexibility index (Phi) is 1.65. The fraction of sp³-hybridized carbons (Fsp3) is 0.778.